The third kappa shape index (κ3) is 2.20. The Kier molecular flexibility index (Phi) is 3.46. The van der Waals surface area contributed by atoms with Crippen molar-refractivity contribution in [3.05, 3.63) is 29.8 Å². The molecule has 1 aliphatic rings. The van der Waals surface area contributed by atoms with Crippen LogP contribution in [0.2, 0.25) is 0 Å². The summed E-state index contributed by atoms with van der Waals surface area (Å²) in [7, 11) is 3.71. The summed E-state index contributed by atoms with van der Waals surface area (Å²) < 4.78 is 5.25. The highest BCUT2D eigenvalue weighted by Gasteiger charge is 2.32. The van der Waals surface area contributed by atoms with Gasteiger partial charge in [-0.05, 0) is 43.5 Å². The summed E-state index contributed by atoms with van der Waals surface area (Å²) in [5, 5.41) is 3.38. The zero-order valence-corrected chi connectivity index (χ0v) is 9.94. The molecule has 1 unspecified atom stereocenters. The molecule has 1 atom stereocenters. The highest BCUT2D eigenvalue weighted by molar-refractivity contribution is 5.31. The second-order valence-electron chi connectivity index (χ2n) is 4.53. The zero-order chi connectivity index (χ0) is 11.5. The minimum Gasteiger partial charge on any atom is -0.497 e. The van der Waals surface area contributed by atoms with Gasteiger partial charge in [-0.15, -0.1) is 0 Å². The average Bonchev–Trinajstić information content (AvgIpc) is 2.28. The number of ether oxygens (including phenoxy) is 1. The lowest BCUT2D eigenvalue weighted by molar-refractivity contribution is 0.204. The van der Waals surface area contributed by atoms with Gasteiger partial charge in [0.15, 0.2) is 0 Å². The number of nitrogens with one attached hydrogen (secondary N) is 1. The molecule has 0 heterocycles. The smallest absolute Gasteiger partial charge is 0.119 e. The van der Waals surface area contributed by atoms with Crippen LogP contribution in [0, 0.1) is 5.92 Å². The van der Waals surface area contributed by atoms with Crippen molar-refractivity contribution in [2.24, 2.45) is 11.7 Å². The number of hydrogen-bond acceptors (Lipinski definition) is 3. The third-order valence-corrected chi connectivity index (χ3v) is 3.45. The van der Waals surface area contributed by atoms with E-state index in [4.69, 9.17) is 10.5 Å². The second kappa shape index (κ2) is 4.85. The summed E-state index contributed by atoms with van der Waals surface area (Å²) in [4.78, 5) is 0. The predicted molar refractivity (Wildman–Crippen MR) is 65.5 cm³/mol. The van der Waals surface area contributed by atoms with Gasteiger partial charge in [-0.1, -0.05) is 12.1 Å². The average molecular weight is 220 g/mol. The van der Waals surface area contributed by atoms with Crippen LogP contribution in [0.4, 0.5) is 0 Å². The Morgan fingerprint density at radius 3 is 2.75 bits per heavy atom. The molecular formula is C13H20N2O. The van der Waals surface area contributed by atoms with Crippen LogP contribution in [0.5, 0.6) is 5.75 Å². The van der Waals surface area contributed by atoms with Crippen molar-refractivity contribution in [1.82, 2.24) is 5.32 Å². The first-order chi connectivity index (χ1) is 7.74. The van der Waals surface area contributed by atoms with Gasteiger partial charge in [0.25, 0.3) is 0 Å². The third-order valence-electron chi connectivity index (χ3n) is 3.45. The van der Waals surface area contributed by atoms with Gasteiger partial charge in [0, 0.05) is 12.1 Å². The van der Waals surface area contributed by atoms with E-state index in [0.29, 0.717) is 18.0 Å². The Morgan fingerprint density at radius 1 is 1.44 bits per heavy atom. The Labute approximate surface area is 97.0 Å². The van der Waals surface area contributed by atoms with Crippen LogP contribution < -0.4 is 15.8 Å². The molecule has 16 heavy (non-hydrogen) atoms. The molecule has 0 bridgehead atoms. The molecule has 1 aliphatic carbocycles. The van der Waals surface area contributed by atoms with Gasteiger partial charge in [0.1, 0.15) is 5.75 Å². The fraction of sp³-hybridized carbons (Fsp3) is 0.538. The molecule has 1 aromatic carbocycles. The highest BCUT2D eigenvalue weighted by atomic mass is 16.5. The van der Waals surface area contributed by atoms with E-state index >= 15 is 0 Å². The van der Waals surface area contributed by atoms with E-state index in [2.05, 4.69) is 17.4 Å². The summed E-state index contributed by atoms with van der Waals surface area (Å²) in [6.07, 6.45) is 2.23. The number of hydrogen-bond donors (Lipinski definition) is 2. The molecule has 3 N–H and O–H groups in total. The first-order valence-corrected chi connectivity index (χ1v) is 5.81. The molecule has 0 radical (unpaired) electrons. The lowest BCUT2D eigenvalue weighted by atomic mass is 9.74. The summed E-state index contributed by atoms with van der Waals surface area (Å²) in [6.45, 7) is 0. The number of benzene rings is 1. The van der Waals surface area contributed by atoms with Gasteiger partial charge in [-0.3, -0.25) is 0 Å². The van der Waals surface area contributed by atoms with Crippen molar-refractivity contribution in [3.8, 4) is 5.75 Å². The van der Waals surface area contributed by atoms with Crippen LogP contribution in [0.3, 0.4) is 0 Å². The molecule has 0 amide bonds. The molecule has 88 valence electrons. The monoisotopic (exact) mass is 220 g/mol. The number of rotatable bonds is 4. The lowest BCUT2D eigenvalue weighted by Crippen LogP contribution is -2.42. The first kappa shape index (κ1) is 11.4. The molecule has 0 aliphatic heterocycles. The SMILES string of the molecule is CNC(c1cccc(OC)c1)C1CC(N)C1. The van der Waals surface area contributed by atoms with E-state index in [1.165, 1.54) is 5.56 Å². The molecule has 1 aromatic rings. The molecule has 3 nitrogen and oxygen atoms in total. The highest BCUT2D eigenvalue weighted by Crippen LogP contribution is 2.37. The van der Waals surface area contributed by atoms with Crippen LogP contribution in [-0.2, 0) is 0 Å². The van der Waals surface area contributed by atoms with E-state index in [9.17, 15) is 0 Å². The molecule has 2 rings (SSSR count). The van der Waals surface area contributed by atoms with E-state index in [1.807, 2.05) is 19.2 Å². The normalized spacial score (nSPS) is 25.9. The molecule has 1 fully saturated rings. The standard InChI is InChI=1S/C13H20N2O/c1-15-13(10-6-11(14)7-10)9-4-3-5-12(8-9)16-2/h3-5,8,10-11,13,15H,6-7,14H2,1-2H3. The molecule has 1 saturated carbocycles. The van der Waals surface area contributed by atoms with Gasteiger partial charge in [0.2, 0.25) is 0 Å². The van der Waals surface area contributed by atoms with Gasteiger partial charge in [-0.25, -0.2) is 0 Å². The van der Waals surface area contributed by atoms with Crippen molar-refractivity contribution in [2.45, 2.75) is 24.9 Å². The van der Waals surface area contributed by atoms with Crippen molar-refractivity contribution in [3.63, 3.8) is 0 Å². The zero-order valence-electron chi connectivity index (χ0n) is 9.94. The van der Waals surface area contributed by atoms with Crippen molar-refractivity contribution in [2.75, 3.05) is 14.2 Å². The van der Waals surface area contributed by atoms with Crippen LogP contribution in [0.15, 0.2) is 24.3 Å². The Balaban J connectivity index is 2.13. The van der Waals surface area contributed by atoms with Gasteiger partial charge < -0.3 is 15.8 Å². The molecule has 0 aromatic heterocycles. The predicted octanol–water partition coefficient (Wildman–Crippen LogP) is 1.69. The minimum absolute atomic E-state index is 0.395. The molecule has 3 heteroatoms. The van der Waals surface area contributed by atoms with Crippen molar-refractivity contribution < 1.29 is 4.74 Å². The summed E-state index contributed by atoms with van der Waals surface area (Å²) >= 11 is 0. The van der Waals surface area contributed by atoms with Gasteiger partial charge in [0.05, 0.1) is 7.11 Å². The molecule has 0 spiro atoms. The fourth-order valence-electron chi connectivity index (χ4n) is 2.49. The molecular weight excluding hydrogens is 200 g/mol. The fourth-order valence-corrected chi connectivity index (χ4v) is 2.49. The van der Waals surface area contributed by atoms with E-state index in [-0.39, 0.29) is 0 Å². The first-order valence-electron chi connectivity index (χ1n) is 5.81. The van der Waals surface area contributed by atoms with Crippen molar-refractivity contribution in [1.29, 1.82) is 0 Å². The van der Waals surface area contributed by atoms with Crippen LogP contribution >= 0.6 is 0 Å². The maximum Gasteiger partial charge on any atom is 0.119 e. The van der Waals surface area contributed by atoms with Gasteiger partial charge in [-0.2, -0.15) is 0 Å². The van der Waals surface area contributed by atoms with E-state index in [0.717, 1.165) is 18.6 Å². The van der Waals surface area contributed by atoms with Crippen LogP contribution in [0.25, 0.3) is 0 Å². The topological polar surface area (TPSA) is 47.3 Å². The van der Waals surface area contributed by atoms with Crippen LogP contribution in [0.1, 0.15) is 24.4 Å². The summed E-state index contributed by atoms with van der Waals surface area (Å²) in [5.41, 5.74) is 7.13. The van der Waals surface area contributed by atoms with Crippen LogP contribution in [-0.4, -0.2) is 20.2 Å². The largest absolute Gasteiger partial charge is 0.497 e. The maximum absolute atomic E-state index is 5.84. The second-order valence-corrected chi connectivity index (χ2v) is 4.53. The van der Waals surface area contributed by atoms with Gasteiger partial charge >= 0.3 is 0 Å². The Bertz CT molecular complexity index is 348. The minimum atomic E-state index is 0.395. The van der Waals surface area contributed by atoms with Crippen molar-refractivity contribution >= 4 is 0 Å². The maximum atomic E-state index is 5.84. The van der Waals surface area contributed by atoms with E-state index < -0.39 is 0 Å². The summed E-state index contributed by atoms with van der Waals surface area (Å²) in [5.74, 6) is 1.58. The number of nitrogens with two attached hydrogens (primary N) is 1. The Hall–Kier alpha value is -1.06. The quantitative estimate of drug-likeness (QED) is 0.811. The Morgan fingerprint density at radius 2 is 2.19 bits per heavy atom. The summed E-state index contributed by atoms with van der Waals surface area (Å²) in [6, 6.07) is 9.06. The van der Waals surface area contributed by atoms with E-state index in [1.54, 1.807) is 7.11 Å². The lowest BCUT2D eigenvalue weighted by Gasteiger charge is -2.38. The molecule has 0 saturated heterocycles. The number of methoxy groups -OCH3 is 1.